The smallest absolute Gasteiger partial charge is 0.290 e. The lowest BCUT2D eigenvalue weighted by atomic mass is 9.71. The highest BCUT2D eigenvalue weighted by atomic mass is 16.3. The first-order valence-corrected chi connectivity index (χ1v) is 6.63. The summed E-state index contributed by atoms with van der Waals surface area (Å²) in [5, 5.41) is 26.7. The van der Waals surface area contributed by atoms with Crippen LogP contribution >= 0.6 is 0 Å². The van der Waals surface area contributed by atoms with Gasteiger partial charge in [-0.15, -0.1) is 0 Å². The predicted molar refractivity (Wildman–Crippen MR) is 80.4 cm³/mol. The van der Waals surface area contributed by atoms with Gasteiger partial charge < -0.3 is 15.3 Å². The number of hydrogen-bond acceptors (Lipinski definition) is 3. The van der Waals surface area contributed by atoms with Crippen LogP contribution in [0.5, 0.6) is 0 Å². The topological polar surface area (TPSA) is 77.8 Å². The molecule has 1 aliphatic rings. The highest BCUT2D eigenvalue weighted by Gasteiger charge is 2.31. The standard InChI is InChI=1S/C15H24O2.CH2O2/c1-6-15(5,17)10-7-12-11(2)13(16)8-9-14(12,3)4;2-1-3/h6-7,10,13,16-17H,1,8-9H2,2-5H3;1H,(H,2,3). The summed E-state index contributed by atoms with van der Waals surface area (Å²) in [5.41, 5.74) is 1.19. The maximum atomic E-state index is 9.89. The fourth-order valence-corrected chi connectivity index (χ4v) is 2.24. The van der Waals surface area contributed by atoms with Gasteiger partial charge in [-0.25, -0.2) is 0 Å². The van der Waals surface area contributed by atoms with E-state index in [4.69, 9.17) is 9.90 Å². The van der Waals surface area contributed by atoms with Gasteiger partial charge in [-0.1, -0.05) is 32.6 Å². The lowest BCUT2D eigenvalue weighted by molar-refractivity contribution is -0.122. The van der Waals surface area contributed by atoms with Gasteiger partial charge in [0.25, 0.3) is 6.47 Å². The largest absolute Gasteiger partial charge is 0.483 e. The van der Waals surface area contributed by atoms with Crippen LogP contribution in [0.15, 0.2) is 36.0 Å². The highest BCUT2D eigenvalue weighted by Crippen LogP contribution is 2.41. The van der Waals surface area contributed by atoms with Crippen LogP contribution in [0.1, 0.15) is 40.5 Å². The number of rotatable bonds is 3. The Kier molecular flexibility index (Phi) is 6.89. The highest BCUT2D eigenvalue weighted by molar-refractivity contribution is 5.36. The normalized spacial score (nSPS) is 24.6. The van der Waals surface area contributed by atoms with Gasteiger partial charge in [0.15, 0.2) is 0 Å². The molecule has 1 rings (SSSR count). The molecule has 2 unspecified atom stereocenters. The molecule has 0 aromatic heterocycles. The number of hydrogen-bond donors (Lipinski definition) is 3. The lowest BCUT2D eigenvalue weighted by Gasteiger charge is -2.35. The Morgan fingerprint density at radius 3 is 2.40 bits per heavy atom. The maximum Gasteiger partial charge on any atom is 0.290 e. The number of aliphatic hydroxyl groups excluding tert-OH is 1. The van der Waals surface area contributed by atoms with E-state index in [0.717, 1.165) is 24.0 Å². The first-order valence-electron chi connectivity index (χ1n) is 6.63. The van der Waals surface area contributed by atoms with Gasteiger partial charge in [0.1, 0.15) is 0 Å². The van der Waals surface area contributed by atoms with Gasteiger partial charge in [-0.05, 0) is 49.3 Å². The number of carboxylic acid groups (broad SMARTS) is 1. The number of carbonyl (C=O) groups is 1. The molecule has 4 heteroatoms. The minimum atomic E-state index is -0.994. The van der Waals surface area contributed by atoms with Crippen molar-refractivity contribution in [2.24, 2.45) is 5.41 Å². The Morgan fingerprint density at radius 2 is 1.95 bits per heavy atom. The summed E-state index contributed by atoms with van der Waals surface area (Å²) in [6, 6.07) is 0. The molecule has 0 bridgehead atoms. The summed E-state index contributed by atoms with van der Waals surface area (Å²) in [6.07, 6.45) is 6.59. The monoisotopic (exact) mass is 282 g/mol. The van der Waals surface area contributed by atoms with E-state index >= 15 is 0 Å². The van der Waals surface area contributed by atoms with Crippen molar-refractivity contribution in [3.05, 3.63) is 36.0 Å². The lowest BCUT2D eigenvalue weighted by Crippen LogP contribution is -2.27. The second kappa shape index (κ2) is 7.41. The van der Waals surface area contributed by atoms with Crippen LogP contribution in [0.3, 0.4) is 0 Å². The fraction of sp³-hybridized carbons (Fsp3) is 0.562. The molecule has 114 valence electrons. The quantitative estimate of drug-likeness (QED) is 0.549. The fourth-order valence-electron chi connectivity index (χ4n) is 2.24. The van der Waals surface area contributed by atoms with Crippen molar-refractivity contribution >= 4 is 6.47 Å². The summed E-state index contributed by atoms with van der Waals surface area (Å²) < 4.78 is 0. The van der Waals surface area contributed by atoms with Crippen molar-refractivity contribution < 1.29 is 20.1 Å². The number of allylic oxidation sites excluding steroid dienone is 2. The van der Waals surface area contributed by atoms with E-state index in [-0.39, 0.29) is 18.0 Å². The first-order chi connectivity index (χ1) is 9.11. The molecule has 0 radical (unpaired) electrons. The molecule has 0 amide bonds. The zero-order valence-electron chi connectivity index (χ0n) is 12.8. The van der Waals surface area contributed by atoms with Crippen LogP contribution in [-0.2, 0) is 4.79 Å². The van der Waals surface area contributed by atoms with Crippen LogP contribution in [0.2, 0.25) is 0 Å². The molecule has 0 saturated carbocycles. The maximum absolute atomic E-state index is 9.89. The van der Waals surface area contributed by atoms with Crippen LogP contribution < -0.4 is 0 Å². The van der Waals surface area contributed by atoms with Crippen LogP contribution in [0.25, 0.3) is 0 Å². The van der Waals surface area contributed by atoms with E-state index in [2.05, 4.69) is 20.4 Å². The molecule has 0 aliphatic heterocycles. The Balaban J connectivity index is 0.00000110. The Labute approximate surface area is 121 Å². The predicted octanol–water partition coefficient (Wildman–Crippen LogP) is 2.68. The molecule has 4 nitrogen and oxygen atoms in total. The van der Waals surface area contributed by atoms with E-state index in [1.54, 1.807) is 13.0 Å². The van der Waals surface area contributed by atoms with Gasteiger partial charge in [-0.2, -0.15) is 0 Å². The molecule has 2 atom stereocenters. The molecule has 0 heterocycles. The molecule has 1 aliphatic carbocycles. The Morgan fingerprint density at radius 1 is 1.45 bits per heavy atom. The molecule has 0 aromatic carbocycles. The van der Waals surface area contributed by atoms with Crippen molar-refractivity contribution in [2.45, 2.75) is 52.2 Å². The average Bonchev–Trinajstić information content (AvgIpc) is 2.35. The molecule has 0 aromatic rings. The molecular weight excluding hydrogens is 256 g/mol. The van der Waals surface area contributed by atoms with Gasteiger partial charge in [0.05, 0.1) is 11.7 Å². The molecule has 0 saturated heterocycles. The number of aliphatic hydroxyl groups is 2. The third-order valence-corrected chi connectivity index (χ3v) is 3.70. The van der Waals surface area contributed by atoms with Crippen LogP contribution in [0.4, 0.5) is 0 Å². The van der Waals surface area contributed by atoms with E-state index < -0.39 is 5.60 Å². The van der Waals surface area contributed by atoms with Gasteiger partial charge >= 0.3 is 0 Å². The molecule has 20 heavy (non-hydrogen) atoms. The third-order valence-electron chi connectivity index (χ3n) is 3.70. The van der Waals surface area contributed by atoms with Crippen molar-refractivity contribution in [1.82, 2.24) is 0 Å². The van der Waals surface area contributed by atoms with Gasteiger partial charge in [0.2, 0.25) is 0 Å². The van der Waals surface area contributed by atoms with E-state index in [1.165, 1.54) is 6.08 Å². The van der Waals surface area contributed by atoms with Crippen molar-refractivity contribution in [1.29, 1.82) is 0 Å². The van der Waals surface area contributed by atoms with Crippen LogP contribution in [0, 0.1) is 5.41 Å². The van der Waals surface area contributed by atoms with Crippen molar-refractivity contribution in [3.8, 4) is 0 Å². The summed E-state index contributed by atoms with van der Waals surface area (Å²) >= 11 is 0. The second-order valence-electron chi connectivity index (χ2n) is 5.90. The van der Waals surface area contributed by atoms with E-state index in [1.807, 2.05) is 13.0 Å². The van der Waals surface area contributed by atoms with E-state index in [9.17, 15) is 10.2 Å². The second-order valence-corrected chi connectivity index (χ2v) is 5.90. The van der Waals surface area contributed by atoms with Crippen molar-refractivity contribution in [2.75, 3.05) is 0 Å². The van der Waals surface area contributed by atoms with Crippen molar-refractivity contribution in [3.63, 3.8) is 0 Å². The summed E-state index contributed by atoms with van der Waals surface area (Å²) in [7, 11) is 0. The molecule has 3 N–H and O–H groups in total. The summed E-state index contributed by atoms with van der Waals surface area (Å²) in [4.78, 5) is 8.36. The zero-order chi connectivity index (χ0) is 16.0. The van der Waals surface area contributed by atoms with Gasteiger partial charge in [0, 0.05) is 0 Å². The van der Waals surface area contributed by atoms with E-state index in [0.29, 0.717) is 0 Å². The Bertz CT molecular complexity index is 403. The molecular formula is C16H26O4. The Hall–Kier alpha value is -1.39. The molecule has 0 fully saturated rings. The summed E-state index contributed by atoms with van der Waals surface area (Å²) in [5.74, 6) is 0. The van der Waals surface area contributed by atoms with Gasteiger partial charge in [-0.3, -0.25) is 4.79 Å². The SMILES string of the molecule is C=CC(C)(O)C=CC1=C(C)C(O)CCC1(C)C.O=CO. The zero-order valence-corrected chi connectivity index (χ0v) is 12.8. The van der Waals surface area contributed by atoms with Crippen LogP contribution in [-0.4, -0.2) is 33.5 Å². The third kappa shape index (κ3) is 5.31. The summed E-state index contributed by atoms with van der Waals surface area (Å²) in [6.45, 7) is 11.4. The minimum absolute atomic E-state index is 0.0526. The minimum Gasteiger partial charge on any atom is -0.483 e. The first kappa shape index (κ1) is 18.6. The molecule has 0 spiro atoms. The average molecular weight is 282 g/mol.